The van der Waals surface area contributed by atoms with Gasteiger partial charge >= 0.3 is 5.97 Å². The molecule has 0 spiro atoms. The number of nitrogens with one attached hydrogen (secondary N) is 3. The maximum Gasteiger partial charge on any atom is 0.327 e. The van der Waals surface area contributed by atoms with Gasteiger partial charge in [0.05, 0.1) is 6.04 Å². The molecule has 7 N–H and O–H groups in total. The van der Waals surface area contributed by atoms with Gasteiger partial charge in [-0.2, -0.15) is 12.6 Å². The maximum absolute atomic E-state index is 13.3. The Morgan fingerprint density at radius 3 is 2.00 bits per heavy atom. The number of aromatic hydroxyl groups is 1. The average Bonchev–Trinajstić information content (AvgIpc) is 2.80. The molecular formula is C24H38N4O6S. The summed E-state index contributed by atoms with van der Waals surface area (Å²) in [7, 11) is 0. The molecular weight excluding hydrogens is 472 g/mol. The number of aliphatic carboxylic acids is 1. The Morgan fingerprint density at radius 1 is 0.943 bits per heavy atom. The molecule has 1 aromatic rings. The van der Waals surface area contributed by atoms with Gasteiger partial charge in [-0.3, -0.25) is 14.4 Å². The predicted octanol–water partition coefficient (Wildman–Crippen LogP) is 0.823. The van der Waals surface area contributed by atoms with Crippen molar-refractivity contribution >= 4 is 36.3 Å². The largest absolute Gasteiger partial charge is 0.508 e. The number of hydrogen-bond donors (Lipinski definition) is 7. The molecule has 11 heteroatoms. The number of amides is 3. The van der Waals surface area contributed by atoms with Crippen molar-refractivity contribution in [1.82, 2.24) is 16.0 Å². The number of carbonyl (C=O) groups excluding carboxylic acids is 3. The van der Waals surface area contributed by atoms with Crippen LogP contribution in [0.3, 0.4) is 0 Å². The van der Waals surface area contributed by atoms with E-state index in [0.717, 1.165) is 0 Å². The highest BCUT2D eigenvalue weighted by molar-refractivity contribution is 7.80. The van der Waals surface area contributed by atoms with E-state index in [-0.39, 0.29) is 29.8 Å². The smallest absolute Gasteiger partial charge is 0.327 e. The summed E-state index contributed by atoms with van der Waals surface area (Å²) in [5.74, 6) is -3.17. The average molecular weight is 511 g/mol. The van der Waals surface area contributed by atoms with Crippen molar-refractivity contribution in [3.63, 3.8) is 0 Å². The number of benzene rings is 1. The van der Waals surface area contributed by atoms with E-state index < -0.39 is 47.9 Å². The Kier molecular flexibility index (Phi) is 12.6. The molecule has 0 saturated heterocycles. The third-order valence-corrected chi connectivity index (χ3v) is 6.03. The van der Waals surface area contributed by atoms with Gasteiger partial charge < -0.3 is 31.9 Å². The first kappa shape index (κ1) is 30.2. The third kappa shape index (κ3) is 10.2. The van der Waals surface area contributed by atoms with E-state index in [1.54, 1.807) is 19.1 Å². The first-order valence-electron chi connectivity index (χ1n) is 11.7. The SMILES string of the molecule is CCC(C)C(NC(=O)C(N)CC(C)C)C(=O)NC(Cc1ccc(O)cc1)C(=O)NC(CS)C(=O)O. The van der Waals surface area contributed by atoms with Crippen LogP contribution >= 0.6 is 12.6 Å². The quantitative estimate of drug-likeness (QED) is 0.182. The molecule has 0 aliphatic heterocycles. The van der Waals surface area contributed by atoms with Crippen molar-refractivity contribution in [1.29, 1.82) is 0 Å². The predicted molar refractivity (Wildman–Crippen MR) is 136 cm³/mol. The van der Waals surface area contributed by atoms with Crippen LogP contribution in [-0.2, 0) is 25.6 Å². The zero-order valence-corrected chi connectivity index (χ0v) is 21.5. The number of phenolic OH excluding ortho intramolecular Hbond substituents is 1. The summed E-state index contributed by atoms with van der Waals surface area (Å²) >= 11 is 3.96. The first-order valence-corrected chi connectivity index (χ1v) is 12.3. The lowest BCUT2D eigenvalue weighted by Gasteiger charge is -2.28. The second-order valence-corrected chi connectivity index (χ2v) is 9.49. The molecule has 3 amide bonds. The van der Waals surface area contributed by atoms with Gasteiger partial charge in [0, 0.05) is 12.2 Å². The highest BCUT2D eigenvalue weighted by Crippen LogP contribution is 2.14. The fourth-order valence-electron chi connectivity index (χ4n) is 3.37. The highest BCUT2D eigenvalue weighted by atomic mass is 32.1. The molecule has 5 atom stereocenters. The van der Waals surface area contributed by atoms with E-state index in [9.17, 15) is 29.4 Å². The fraction of sp³-hybridized carbons (Fsp3) is 0.583. The van der Waals surface area contributed by atoms with E-state index in [1.807, 2.05) is 20.8 Å². The van der Waals surface area contributed by atoms with Crippen LogP contribution in [0.25, 0.3) is 0 Å². The van der Waals surface area contributed by atoms with Crippen molar-refractivity contribution in [3.05, 3.63) is 29.8 Å². The monoisotopic (exact) mass is 510 g/mol. The normalized spacial score (nSPS) is 15.4. The summed E-state index contributed by atoms with van der Waals surface area (Å²) in [6.07, 6.45) is 1.06. The number of phenols is 1. The highest BCUT2D eigenvalue weighted by Gasteiger charge is 2.32. The standard InChI is InChI=1S/C24H38N4O6S/c1-5-14(4)20(28-21(30)17(25)10-13(2)3)23(32)26-18(11-15-6-8-16(29)9-7-15)22(31)27-19(12-35)24(33)34/h6-9,13-14,17-20,29,35H,5,10-12,25H2,1-4H3,(H,26,32)(H,27,31)(H,28,30)(H,33,34). The van der Waals surface area contributed by atoms with Crippen molar-refractivity contribution < 1.29 is 29.4 Å². The molecule has 0 radical (unpaired) electrons. The lowest BCUT2D eigenvalue weighted by atomic mass is 9.96. The molecule has 1 rings (SSSR count). The second-order valence-electron chi connectivity index (χ2n) is 9.12. The zero-order chi connectivity index (χ0) is 26.7. The third-order valence-electron chi connectivity index (χ3n) is 5.66. The lowest BCUT2D eigenvalue weighted by molar-refractivity contribution is -0.141. The van der Waals surface area contributed by atoms with E-state index >= 15 is 0 Å². The topological polar surface area (TPSA) is 171 Å². The molecule has 0 saturated carbocycles. The summed E-state index contributed by atoms with van der Waals surface area (Å²) < 4.78 is 0. The molecule has 5 unspecified atom stereocenters. The van der Waals surface area contributed by atoms with Crippen LogP contribution in [0.15, 0.2) is 24.3 Å². The molecule has 0 heterocycles. The van der Waals surface area contributed by atoms with Gasteiger partial charge in [-0.05, 0) is 36.0 Å². The molecule has 1 aromatic carbocycles. The molecule has 196 valence electrons. The number of rotatable bonds is 14. The van der Waals surface area contributed by atoms with E-state index in [1.165, 1.54) is 12.1 Å². The summed E-state index contributed by atoms with van der Waals surface area (Å²) in [5.41, 5.74) is 6.61. The number of carboxylic acids is 1. The molecule has 35 heavy (non-hydrogen) atoms. The van der Waals surface area contributed by atoms with Gasteiger partial charge in [-0.15, -0.1) is 0 Å². The van der Waals surface area contributed by atoms with E-state index in [2.05, 4.69) is 28.6 Å². The fourth-order valence-corrected chi connectivity index (χ4v) is 3.62. The summed E-state index contributed by atoms with van der Waals surface area (Å²) in [4.78, 5) is 50.2. The lowest BCUT2D eigenvalue weighted by Crippen LogP contribution is -2.59. The van der Waals surface area contributed by atoms with Crippen LogP contribution in [-0.4, -0.2) is 63.8 Å². The summed E-state index contributed by atoms with van der Waals surface area (Å²) in [5, 5.41) is 26.6. The van der Waals surface area contributed by atoms with Gasteiger partial charge in [0.25, 0.3) is 0 Å². The summed E-state index contributed by atoms with van der Waals surface area (Å²) in [6, 6.07) is 1.96. The van der Waals surface area contributed by atoms with Crippen molar-refractivity contribution in [3.8, 4) is 5.75 Å². The Bertz CT molecular complexity index is 864. The minimum Gasteiger partial charge on any atom is -0.508 e. The van der Waals surface area contributed by atoms with Crippen LogP contribution in [0.1, 0.15) is 46.1 Å². The van der Waals surface area contributed by atoms with E-state index in [0.29, 0.717) is 18.4 Å². The van der Waals surface area contributed by atoms with Crippen LogP contribution < -0.4 is 21.7 Å². The Hall–Kier alpha value is -2.79. The number of carboxylic acid groups (broad SMARTS) is 1. The Balaban J connectivity index is 3.13. The number of carbonyl (C=O) groups is 4. The zero-order valence-electron chi connectivity index (χ0n) is 20.7. The minimum atomic E-state index is -1.26. The van der Waals surface area contributed by atoms with Gasteiger partial charge in [0.2, 0.25) is 17.7 Å². The second kappa shape index (κ2) is 14.6. The molecule has 10 nitrogen and oxygen atoms in total. The van der Waals surface area contributed by atoms with Gasteiger partial charge in [0.15, 0.2) is 0 Å². The van der Waals surface area contributed by atoms with Gasteiger partial charge in [0.1, 0.15) is 23.9 Å². The number of nitrogens with two attached hydrogens (primary N) is 1. The van der Waals surface area contributed by atoms with Crippen molar-refractivity contribution in [2.24, 2.45) is 17.6 Å². The molecule has 0 aliphatic carbocycles. The van der Waals surface area contributed by atoms with E-state index in [4.69, 9.17) is 5.73 Å². The summed E-state index contributed by atoms with van der Waals surface area (Å²) in [6.45, 7) is 7.55. The van der Waals surface area contributed by atoms with Crippen LogP contribution in [0.4, 0.5) is 0 Å². The first-order chi connectivity index (χ1) is 16.4. The van der Waals surface area contributed by atoms with Gasteiger partial charge in [-0.25, -0.2) is 4.79 Å². The van der Waals surface area contributed by atoms with Crippen LogP contribution in [0, 0.1) is 11.8 Å². The van der Waals surface area contributed by atoms with Crippen molar-refractivity contribution in [2.75, 3.05) is 5.75 Å². The number of hydrogen-bond acceptors (Lipinski definition) is 7. The molecule has 0 bridgehead atoms. The Labute approximate surface area is 211 Å². The Morgan fingerprint density at radius 2 is 1.51 bits per heavy atom. The molecule has 0 fully saturated rings. The maximum atomic E-state index is 13.3. The van der Waals surface area contributed by atoms with Crippen LogP contribution in [0.2, 0.25) is 0 Å². The molecule has 0 aliphatic rings. The number of thiol groups is 1. The molecule has 0 aromatic heterocycles. The van der Waals surface area contributed by atoms with Crippen molar-refractivity contribution in [2.45, 2.75) is 71.1 Å². The minimum absolute atomic E-state index is 0.0325. The van der Waals surface area contributed by atoms with Crippen LogP contribution in [0.5, 0.6) is 5.75 Å². The van der Waals surface area contributed by atoms with Gasteiger partial charge in [-0.1, -0.05) is 46.2 Å².